The lowest BCUT2D eigenvalue weighted by atomic mass is 10.1. The molecule has 2 saturated heterocycles. The maximum atomic E-state index is 12.7. The van der Waals surface area contributed by atoms with E-state index in [0.717, 1.165) is 32.3 Å². The Bertz CT molecular complexity index is 647. The zero-order chi connectivity index (χ0) is 19.9. The first-order valence-electron chi connectivity index (χ1n) is 10.5. The number of aryl methyl sites for hydroxylation is 1. The molecular weight excluding hydrogens is 356 g/mol. The average Bonchev–Trinajstić information content (AvgIpc) is 2.77. The van der Waals surface area contributed by atoms with Crippen LogP contribution in [0.5, 0.6) is 0 Å². The zero-order valence-corrected chi connectivity index (χ0v) is 17.1. The number of hydrogen-bond acceptors (Lipinski definition) is 4. The van der Waals surface area contributed by atoms with Crippen molar-refractivity contribution in [3.63, 3.8) is 0 Å². The van der Waals surface area contributed by atoms with Crippen LogP contribution in [0.25, 0.3) is 0 Å². The Morgan fingerprint density at radius 3 is 2.39 bits per heavy atom. The van der Waals surface area contributed by atoms with E-state index in [0.29, 0.717) is 38.3 Å². The minimum atomic E-state index is -0.477. The second-order valence-electron chi connectivity index (χ2n) is 7.63. The molecule has 0 saturated carbocycles. The van der Waals surface area contributed by atoms with Crippen molar-refractivity contribution in [2.24, 2.45) is 0 Å². The van der Waals surface area contributed by atoms with E-state index in [1.165, 1.54) is 5.56 Å². The van der Waals surface area contributed by atoms with Crippen molar-refractivity contribution in [2.45, 2.75) is 51.7 Å². The number of ether oxygens (including phenoxy) is 2. The smallest absolute Gasteiger partial charge is 0.253 e. The molecule has 1 aromatic rings. The Kier molecular flexibility index (Phi) is 7.45. The summed E-state index contributed by atoms with van der Waals surface area (Å²) in [6.07, 6.45) is 3.86. The van der Waals surface area contributed by atoms with E-state index in [-0.39, 0.29) is 17.9 Å². The summed E-state index contributed by atoms with van der Waals surface area (Å²) in [7, 11) is 0. The molecule has 154 valence electrons. The fourth-order valence-electron chi connectivity index (χ4n) is 3.71. The highest BCUT2D eigenvalue weighted by Crippen LogP contribution is 2.15. The molecule has 2 aliphatic rings. The van der Waals surface area contributed by atoms with E-state index in [4.69, 9.17) is 9.47 Å². The number of carbonyl (C=O) groups is 2. The molecule has 0 spiro atoms. The molecule has 2 aliphatic heterocycles. The summed E-state index contributed by atoms with van der Waals surface area (Å²) in [5.41, 5.74) is 1.93. The van der Waals surface area contributed by atoms with Gasteiger partial charge in [0.05, 0.1) is 12.7 Å². The van der Waals surface area contributed by atoms with E-state index < -0.39 is 6.10 Å². The Morgan fingerprint density at radius 1 is 1.11 bits per heavy atom. The first kappa shape index (κ1) is 20.8. The minimum absolute atomic E-state index is 0.00444. The summed E-state index contributed by atoms with van der Waals surface area (Å²) in [4.78, 5) is 28.9. The molecule has 2 atom stereocenters. The molecule has 0 bridgehead atoms. The monoisotopic (exact) mass is 388 g/mol. The van der Waals surface area contributed by atoms with Crippen LogP contribution in [0.15, 0.2) is 24.3 Å². The van der Waals surface area contributed by atoms with Crippen LogP contribution in [0.3, 0.4) is 0 Å². The standard InChI is InChI=1S/C22H32N2O4/c1-3-18-7-9-19(10-8-18)22(26)24-13-11-23(12-14-24)21(25)17(2)28-16-20-6-4-5-15-27-20/h7-10,17,20H,3-6,11-16H2,1-2H3. The lowest BCUT2D eigenvalue weighted by Gasteiger charge is -2.36. The van der Waals surface area contributed by atoms with Crippen LogP contribution in [-0.2, 0) is 20.7 Å². The number of carbonyl (C=O) groups excluding carboxylic acids is 2. The van der Waals surface area contributed by atoms with Gasteiger partial charge in [-0.05, 0) is 50.3 Å². The van der Waals surface area contributed by atoms with E-state index >= 15 is 0 Å². The number of amides is 2. The predicted octanol–water partition coefficient (Wildman–Crippen LogP) is 2.51. The van der Waals surface area contributed by atoms with Gasteiger partial charge in [0.1, 0.15) is 6.10 Å². The molecular formula is C22H32N2O4. The average molecular weight is 389 g/mol. The fourth-order valence-corrected chi connectivity index (χ4v) is 3.71. The molecule has 0 aromatic heterocycles. The molecule has 28 heavy (non-hydrogen) atoms. The van der Waals surface area contributed by atoms with Crippen molar-refractivity contribution in [2.75, 3.05) is 39.4 Å². The van der Waals surface area contributed by atoms with Crippen molar-refractivity contribution < 1.29 is 19.1 Å². The van der Waals surface area contributed by atoms with Crippen LogP contribution in [-0.4, -0.2) is 73.2 Å². The second-order valence-corrected chi connectivity index (χ2v) is 7.63. The molecule has 0 N–H and O–H groups in total. The molecule has 0 radical (unpaired) electrons. The van der Waals surface area contributed by atoms with Crippen LogP contribution in [0, 0.1) is 0 Å². The molecule has 2 heterocycles. The highest BCUT2D eigenvalue weighted by molar-refractivity contribution is 5.94. The van der Waals surface area contributed by atoms with Crippen LogP contribution in [0.4, 0.5) is 0 Å². The fraction of sp³-hybridized carbons (Fsp3) is 0.636. The van der Waals surface area contributed by atoms with E-state index in [1.54, 1.807) is 11.8 Å². The number of hydrogen-bond donors (Lipinski definition) is 0. The third-order valence-corrected chi connectivity index (χ3v) is 5.64. The number of benzene rings is 1. The highest BCUT2D eigenvalue weighted by atomic mass is 16.5. The van der Waals surface area contributed by atoms with E-state index in [2.05, 4.69) is 6.92 Å². The highest BCUT2D eigenvalue weighted by Gasteiger charge is 2.28. The van der Waals surface area contributed by atoms with Gasteiger partial charge in [0, 0.05) is 38.3 Å². The van der Waals surface area contributed by atoms with E-state index in [1.807, 2.05) is 29.2 Å². The molecule has 2 amide bonds. The molecule has 6 heteroatoms. The van der Waals surface area contributed by atoms with Crippen molar-refractivity contribution >= 4 is 11.8 Å². The lowest BCUT2D eigenvalue weighted by molar-refractivity contribution is -0.147. The third kappa shape index (κ3) is 5.32. The molecule has 0 aliphatic carbocycles. The van der Waals surface area contributed by atoms with Gasteiger partial charge in [-0.3, -0.25) is 9.59 Å². The number of rotatable bonds is 6. The van der Waals surface area contributed by atoms with Crippen LogP contribution in [0.1, 0.15) is 49.0 Å². The van der Waals surface area contributed by atoms with Crippen molar-refractivity contribution in [1.29, 1.82) is 0 Å². The first-order chi connectivity index (χ1) is 13.6. The SMILES string of the molecule is CCc1ccc(C(=O)N2CCN(C(=O)C(C)OCC3CCCCO3)CC2)cc1. The molecule has 2 unspecified atom stereocenters. The molecule has 3 rings (SSSR count). The van der Waals surface area contributed by atoms with Crippen LogP contribution >= 0.6 is 0 Å². The Labute approximate surface area is 167 Å². The summed E-state index contributed by atoms with van der Waals surface area (Å²) < 4.78 is 11.4. The van der Waals surface area contributed by atoms with Crippen LogP contribution < -0.4 is 0 Å². The van der Waals surface area contributed by atoms with Gasteiger partial charge in [-0.25, -0.2) is 0 Å². The summed E-state index contributed by atoms with van der Waals surface area (Å²) in [5, 5.41) is 0. The molecule has 2 fully saturated rings. The van der Waals surface area contributed by atoms with Gasteiger partial charge in [-0.15, -0.1) is 0 Å². The molecule has 1 aromatic carbocycles. The van der Waals surface area contributed by atoms with E-state index in [9.17, 15) is 9.59 Å². The maximum Gasteiger partial charge on any atom is 0.253 e. The Morgan fingerprint density at radius 2 is 1.79 bits per heavy atom. The predicted molar refractivity (Wildman–Crippen MR) is 107 cm³/mol. The summed E-state index contributed by atoms with van der Waals surface area (Å²) >= 11 is 0. The topological polar surface area (TPSA) is 59.1 Å². The van der Waals surface area contributed by atoms with Gasteiger partial charge >= 0.3 is 0 Å². The zero-order valence-electron chi connectivity index (χ0n) is 17.1. The van der Waals surface area contributed by atoms with Gasteiger partial charge in [0.15, 0.2) is 0 Å². The van der Waals surface area contributed by atoms with Crippen molar-refractivity contribution in [3.05, 3.63) is 35.4 Å². The quantitative estimate of drug-likeness (QED) is 0.751. The summed E-state index contributed by atoms with van der Waals surface area (Å²) in [5.74, 6) is 0.0312. The van der Waals surface area contributed by atoms with Gasteiger partial charge < -0.3 is 19.3 Å². The summed E-state index contributed by atoms with van der Waals surface area (Å²) in [6, 6.07) is 7.79. The second kappa shape index (κ2) is 10.0. The Hall–Kier alpha value is -1.92. The van der Waals surface area contributed by atoms with Gasteiger partial charge in [-0.1, -0.05) is 19.1 Å². The van der Waals surface area contributed by atoms with Crippen molar-refractivity contribution in [1.82, 2.24) is 9.80 Å². The largest absolute Gasteiger partial charge is 0.376 e. The Balaban J connectivity index is 1.44. The van der Waals surface area contributed by atoms with Gasteiger partial charge in [0.2, 0.25) is 0 Å². The number of piperazine rings is 1. The summed E-state index contributed by atoms with van der Waals surface area (Å²) in [6.45, 7) is 7.36. The lowest BCUT2D eigenvalue weighted by Crippen LogP contribution is -2.53. The first-order valence-corrected chi connectivity index (χ1v) is 10.5. The molecule has 6 nitrogen and oxygen atoms in total. The van der Waals surface area contributed by atoms with Gasteiger partial charge in [0.25, 0.3) is 11.8 Å². The van der Waals surface area contributed by atoms with Crippen molar-refractivity contribution in [3.8, 4) is 0 Å². The third-order valence-electron chi connectivity index (χ3n) is 5.64. The maximum absolute atomic E-state index is 12.7. The normalized spacial score (nSPS) is 21.4. The van der Waals surface area contributed by atoms with Crippen LogP contribution in [0.2, 0.25) is 0 Å². The number of nitrogens with zero attached hydrogens (tertiary/aromatic N) is 2. The van der Waals surface area contributed by atoms with Gasteiger partial charge in [-0.2, -0.15) is 0 Å². The minimum Gasteiger partial charge on any atom is -0.376 e.